The van der Waals surface area contributed by atoms with Crippen LogP contribution < -0.4 is 15.4 Å². The number of rotatable bonds is 11. The maximum absolute atomic E-state index is 13.9. The van der Waals surface area contributed by atoms with Crippen LogP contribution in [0.1, 0.15) is 44.4 Å². The lowest BCUT2D eigenvalue weighted by atomic mass is 9.99. The number of carbonyl (C=O) groups is 3. The Bertz CT molecular complexity index is 1190. The molecule has 0 bridgehead atoms. The molecular weight excluding hydrogens is 520 g/mol. The molecule has 0 saturated heterocycles. The van der Waals surface area contributed by atoms with Gasteiger partial charge in [0.05, 0.1) is 13.2 Å². The average Bonchev–Trinajstić information content (AvgIpc) is 2.87. The number of nitrogens with zero attached hydrogens (tertiary/aromatic N) is 2. The van der Waals surface area contributed by atoms with Gasteiger partial charge in [0, 0.05) is 11.3 Å². The third-order valence-electron chi connectivity index (χ3n) is 5.60. The van der Waals surface area contributed by atoms with E-state index in [-0.39, 0.29) is 17.7 Å². The first-order chi connectivity index (χ1) is 18.4. The Kier molecular flexibility index (Phi) is 11.5. The highest BCUT2D eigenvalue weighted by Gasteiger charge is 2.37. The van der Waals surface area contributed by atoms with Crippen LogP contribution in [0.5, 0.6) is 11.5 Å². The highest BCUT2D eigenvalue weighted by atomic mass is 32.2. The first-order valence-electron chi connectivity index (χ1n) is 12.3. The molecule has 0 fully saturated rings. The highest BCUT2D eigenvalue weighted by Crippen LogP contribution is 2.33. The van der Waals surface area contributed by atoms with Gasteiger partial charge in [0.15, 0.2) is 0 Å². The van der Waals surface area contributed by atoms with E-state index in [0.717, 1.165) is 4.90 Å². The number of aryl methyl sites for hydroxylation is 1. The predicted molar refractivity (Wildman–Crippen MR) is 151 cm³/mol. The minimum absolute atomic E-state index is 0.144. The molecule has 39 heavy (non-hydrogen) atoms. The average molecular weight is 557 g/mol. The van der Waals surface area contributed by atoms with Gasteiger partial charge in [0.1, 0.15) is 35.7 Å². The van der Waals surface area contributed by atoms with Gasteiger partial charge in [-0.15, -0.1) is 0 Å². The van der Waals surface area contributed by atoms with Gasteiger partial charge in [0.25, 0.3) is 5.91 Å². The maximum atomic E-state index is 13.9. The Morgan fingerprint density at radius 2 is 1.82 bits per heavy atom. The van der Waals surface area contributed by atoms with Crippen molar-refractivity contribution in [3.8, 4) is 17.6 Å². The smallest absolute Gasteiger partial charge is 0.408 e. The van der Waals surface area contributed by atoms with Crippen LogP contribution in [0.25, 0.3) is 0 Å². The molecular formula is C28H36N4O6S. The van der Waals surface area contributed by atoms with Gasteiger partial charge in [-0.2, -0.15) is 17.0 Å². The molecule has 2 unspecified atom stereocenters. The number of carbonyl (C=O) groups excluding carboxylic acids is 3. The molecule has 11 heteroatoms. The van der Waals surface area contributed by atoms with E-state index in [1.807, 2.05) is 12.3 Å². The minimum Gasteiger partial charge on any atom is -0.507 e. The number of alkyl carbamates (subject to hydrolysis) is 1. The number of hydrogen-bond acceptors (Lipinski definition) is 8. The van der Waals surface area contributed by atoms with Gasteiger partial charge in [-0.25, -0.2) is 4.79 Å². The maximum Gasteiger partial charge on any atom is 0.408 e. The number of methoxy groups -OCH3 is 1. The summed E-state index contributed by atoms with van der Waals surface area (Å²) in [5, 5.41) is 25.9. The second-order valence-corrected chi connectivity index (χ2v) is 10.7. The molecule has 2 atom stereocenters. The lowest BCUT2D eigenvalue weighted by molar-refractivity contribution is -0.140. The number of amides is 3. The number of para-hydroxylation sites is 1. The number of anilines is 1. The molecule has 210 valence electrons. The number of ether oxygens (including phenoxy) is 2. The molecule has 0 radical (unpaired) electrons. The van der Waals surface area contributed by atoms with Gasteiger partial charge < -0.3 is 30.1 Å². The highest BCUT2D eigenvalue weighted by molar-refractivity contribution is 7.98. The summed E-state index contributed by atoms with van der Waals surface area (Å²) >= 11 is 1.48. The van der Waals surface area contributed by atoms with Crippen molar-refractivity contribution >= 4 is 35.4 Å². The van der Waals surface area contributed by atoms with Gasteiger partial charge in [-0.05, 0) is 76.0 Å². The molecule has 2 aromatic carbocycles. The predicted octanol–water partition coefficient (Wildman–Crippen LogP) is 4.39. The first-order valence-corrected chi connectivity index (χ1v) is 13.7. The number of aromatic hydroxyl groups is 1. The van der Waals surface area contributed by atoms with Crippen molar-refractivity contribution in [3.05, 3.63) is 53.6 Å². The Labute approximate surface area is 233 Å². The molecule has 10 nitrogen and oxygen atoms in total. The van der Waals surface area contributed by atoms with E-state index < -0.39 is 42.1 Å². The van der Waals surface area contributed by atoms with Crippen LogP contribution in [-0.4, -0.2) is 65.2 Å². The second-order valence-electron chi connectivity index (χ2n) is 9.74. The van der Waals surface area contributed by atoms with Crippen LogP contribution >= 0.6 is 11.8 Å². The molecule has 2 aromatic rings. The zero-order valence-corrected chi connectivity index (χ0v) is 23.9. The number of nitriles is 1. The zero-order chi connectivity index (χ0) is 29.2. The summed E-state index contributed by atoms with van der Waals surface area (Å²) < 4.78 is 10.5. The number of nitrogens with one attached hydrogen (secondary N) is 2. The topological polar surface area (TPSA) is 141 Å². The molecule has 2 rings (SSSR count). The standard InChI is InChI=1S/C28H36N4O6S/c1-18-8-7-9-21(24(18)33)23(25(34)30-19-10-12-20(37-5)13-11-19)32(16-15-29)26(35)22(14-17-39-6)31-27(36)38-28(2,3)4/h7-13,22-23,33H,14,16-17H2,1-6H3,(H,30,34)(H,31,36). The second kappa shape index (κ2) is 14.3. The minimum atomic E-state index is -1.38. The van der Waals surface area contributed by atoms with Gasteiger partial charge in [-0.1, -0.05) is 18.2 Å². The summed E-state index contributed by atoms with van der Waals surface area (Å²) in [5.74, 6) is -0.376. The van der Waals surface area contributed by atoms with Crippen LogP contribution in [0.4, 0.5) is 10.5 Å². The van der Waals surface area contributed by atoms with Gasteiger partial charge in [0.2, 0.25) is 5.91 Å². The van der Waals surface area contributed by atoms with Crippen LogP contribution in [0.15, 0.2) is 42.5 Å². The first kappa shape index (κ1) is 31.3. The normalized spacial score (nSPS) is 12.4. The van der Waals surface area contributed by atoms with E-state index in [9.17, 15) is 24.8 Å². The van der Waals surface area contributed by atoms with E-state index in [0.29, 0.717) is 22.8 Å². The Morgan fingerprint density at radius 1 is 1.15 bits per heavy atom. The van der Waals surface area contributed by atoms with E-state index >= 15 is 0 Å². The Morgan fingerprint density at radius 3 is 2.38 bits per heavy atom. The van der Waals surface area contributed by atoms with E-state index in [2.05, 4.69) is 10.6 Å². The fourth-order valence-corrected chi connectivity index (χ4v) is 4.23. The van der Waals surface area contributed by atoms with E-state index in [1.165, 1.54) is 24.9 Å². The molecule has 0 heterocycles. The summed E-state index contributed by atoms with van der Waals surface area (Å²) in [6.07, 6.45) is 1.29. The van der Waals surface area contributed by atoms with Crippen LogP contribution in [0, 0.1) is 18.3 Å². The van der Waals surface area contributed by atoms with Crippen molar-refractivity contribution in [2.45, 2.75) is 51.8 Å². The van der Waals surface area contributed by atoms with Crippen LogP contribution in [0.2, 0.25) is 0 Å². The molecule has 3 amide bonds. The quantitative estimate of drug-likeness (QED) is 0.346. The summed E-state index contributed by atoms with van der Waals surface area (Å²) in [7, 11) is 1.52. The third-order valence-corrected chi connectivity index (χ3v) is 6.25. The fourth-order valence-electron chi connectivity index (χ4n) is 3.75. The van der Waals surface area contributed by atoms with Crippen molar-refractivity contribution in [2.24, 2.45) is 0 Å². The summed E-state index contributed by atoms with van der Waals surface area (Å²) in [6.45, 7) is 6.30. The molecule has 0 spiro atoms. The van der Waals surface area contributed by atoms with Crippen molar-refractivity contribution < 1.29 is 29.0 Å². The van der Waals surface area contributed by atoms with Crippen LogP contribution in [0.3, 0.4) is 0 Å². The lowest BCUT2D eigenvalue weighted by Crippen LogP contribution is -2.52. The number of phenolic OH excluding ortho intramolecular Hbond substituents is 1. The molecule has 0 saturated carbocycles. The van der Waals surface area contributed by atoms with Crippen LogP contribution in [-0.2, 0) is 14.3 Å². The van der Waals surface area contributed by atoms with E-state index in [4.69, 9.17) is 9.47 Å². The summed E-state index contributed by atoms with van der Waals surface area (Å²) in [4.78, 5) is 41.3. The third kappa shape index (κ3) is 9.11. The monoisotopic (exact) mass is 556 g/mol. The number of phenols is 1. The van der Waals surface area contributed by atoms with Crippen molar-refractivity contribution in [1.29, 1.82) is 5.26 Å². The molecule has 0 aromatic heterocycles. The number of thioether (sulfide) groups is 1. The fraction of sp³-hybridized carbons (Fsp3) is 0.429. The Hall–Kier alpha value is -3.91. The SMILES string of the molecule is COc1ccc(NC(=O)C(c2cccc(C)c2O)N(CC#N)C(=O)C(CCSC)NC(=O)OC(C)(C)C)cc1. The summed E-state index contributed by atoms with van der Waals surface area (Å²) in [6, 6.07) is 10.9. The summed E-state index contributed by atoms with van der Waals surface area (Å²) in [5.41, 5.74) is 0.265. The Balaban J connectivity index is 2.53. The molecule has 0 aliphatic rings. The number of benzene rings is 2. The van der Waals surface area contributed by atoms with Gasteiger partial charge in [-0.3, -0.25) is 9.59 Å². The zero-order valence-electron chi connectivity index (χ0n) is 23.1. The van der Waals surface area contributed by atoms with Crippen molar-refractivity contribution in [1.82, 2.24) is 10.2 Å². The van der Waals surface area contributed by atoms with Crippen molar-refractivity contribution in [3.63, 3.8) is 0 Å². The molecule has 0 aliphatic heterocycles. The lowest BCUT2D eigenvalue weighted by Gasteiger charge is -2.33. The molecule has 0 aliphatic carbocycles. The van der Waals surface area contributed by atoms with Gasteiger partial charge >= 0.3 is 6.09 Å². The van der Waals surface area contributed by atoms with Crippen molar-refractivity contribution in [2.75, 3.05) is 31.0 Å². The largest absolute Gasteiger partial charge is 0.507 e. The molecule has 3 N–H and O–H groups in total. The number of hydrogen-bond donors (Lipinski definition) is 3. The van der Waals surface area contributed by atoms with E-state index in [1.54, 1.807) is 64.1 Å².